The van der Waals surface area contributed by atoms with Crippen molar-refractivity contribution in [2.45, 2.75) is 0 Å². The second kappa shape index (κ2) is 12.3. The number of thiophene rings is 1. The van der Waals surface area contributed by atoms with Gasteiger partial charge in [-0.15, -0.1) is 21.5 Å². The quantitative estimate of drug-likeness (QED) is 0.166. The Hall–Kier alpha value is -7.09. The fourth-order valence-corrected chi connectivity index (χ4v) is 8.52. The third-order valence-electron chi connectivity index (χ3n) is 10.1. The van der Waals surface area contributed by atoms with Crippen LogP contribution in [-0.4, -0.2) is 29.9 Å². The lowest BCUT2D eigenvalue weighted by molar-refractivity contribution is 0.766. The van der Waals surface area contributed by atoms with E-state index in [0.717, 1.165) is 66.1 Å². The van der Waals surface area contributed by atoms with Gasteiger partial charge >= 0.3 is 0 Å². The van der Waals surface area contributed by atoms with Crippen LogP contribution in [0.3, 0.4) is 0 Å². The average molecular weight is 709 g/mol. The van der Waals surface area contributed by atoms with E-state index >= 15 is 0 Å². The van der Waals surface area contributed by atoms with Gasteiger partial charge in [0.05, 0.1) is 5.69 Å². The molecule has 0 aliphatic rings. The Morgan fingerprint density at radius 3 is 1.80 bits per heavy atom. The predicted octanol–water partition coefficient (Wildman–Crippen LogP) is 11.9. The van der Waals surface area contributed by atoms with Crippen molar-refractivity contribution in [3.8, 4) is 51.0 Å². The largest absolute Gasteiger partial charge is 0.208 e. The minimum Gasteiger partial charge on any atom is -0.208 e. The summed E-state index contributed by atoms with van der Waals surface area (Å²) < 4.78 is 2.50. The van der Waals surface area contributed by atoms with Crippen LogP contribution in [0, 0.1) is 0 Å². The molecule has 7 heteroatoms. The molecule has 0 N–H and O–H groups in total. The van der Waals surface area contributed by atoms with Crippen LogP contribution in [0.25, 0.3) is 104 Å². The molecule has 3 heterocycles. The number of fused-ring (bicyclic) bond motifs is 8. The molecule has 6 nitrogen and oxygen atoms in total. The van der Waals surface area contributed by atoms with Crippen LogP contribution in [0.15, 0.2) is 170 Å². The molecule has 0 atom stereocenters. The van der Waals surface area contributed by atoms with E-state index in [0.29, 0.717) is 17.5 Å². The number of benzene rings is 8. The van der Waals surface area contributed by atoms with Crippen molar-refractivity contribution in [2.75, 3.05) is 0 Å². The summed E-state index contributed by atoms with van der Waals surface area (Å²) in [6.07, 6.45) is 0. The lowest BCUT2D eigenvalue weighted by atomic mass is 9.98. The summed E-state index contributed by atoms with van der Waals surface area (Å²) in [5, 5.41) is 16.6. The van der Waals surface area contributed by atoms with Crippen LogP contribution >= 0.6 is 11.3 Å². The Labute approximate surface area is 313 Å². The van der Waals surface area contributed by atoms with Gasteiger partial charge in [-0.2, -0.15) is 4.80 Å². The molecular weight excluding hydrogens is 681 g/mol. The van der Waals surface area contributed by atoms with Gasteiger partial charge in [-0.1, -0.05) is 115 Å². The fourth-order valence-electron chi connectivity index (χ4n) is 7.43. The summed E-state index contributed by atoms with van der Waals surface area (Å²) in [5.74, 6) is 1.85. The Morgan fingerprint density at radius 2 is 0.981 bits per heavy atom. The van der Waals surface area contributed by atoms with E-state index in [1.807, 2.05) is 42.5 Å². The van der Waals surface area contributed by atoms with E-state index in [1.165, 1.54) is 20.2 Å². The maximum absolute atomic E-state index is 5.19. The molecule has 11 aromatic rings. The molecule has 0 spiro atoms. The molecule has 0 saturated heterocycles. The number of hydrogen-bond acceptors (Lipinski definition) is 6. The Bertz CT molecular complexity index is 3220. The highest BCUT2D eigenvalue weighted by Gasteiger charge is 2.17. The molecule has 0 amide bonds. The summed E-state index contributed by atoms with van der Waals surface area (Å²) in [5.41, 5.74) is 7.61. The molecule has 0 radical (unpaired) electrons. The van der Waals surface area contributed by atoms with Crippen molar-refractivity contribution in [1.82, 2.24) is 29.9 Å². The second-order valence-corrected chi connectivity index (χ2v) is 14.5. The molecule has 0 aliphatic heterocycles. The molecule has 0 saturated carbocycles. The summed E-state index contributed by atoms with van der Waals surface area (Å²) in [7, 11) is 0. The van der Waals surface area contributed by atoms with Crippen molar-refractivity contribution >= 4 is 64.1 Å². The van der Waals surface area contributed by atoms with E-state index in [1.54, 1.807) is 16.1 Å². The Morgan fingerprint density at radius 1 is 0.389 bits per heavy atom. The average Bonchev–Trinajstić information content (AvgIpc) is 3.86. The van der Waals surface area contributed by atoms with Crippen LogP contribution in [0.2, 0.25) is 0 Å². The van der Waals surface area contributed by atoms with E-state index in [9.17, 15) is 0 Å². The predicted molar refractivity (Wildman–Crippen MR) is 222 cm³/mol. The molecule has 0 fully saturated rings. The van der Waals surface area contributed by atoms with E-state index in [4.69, 9.17) is 25.1 Å². The third kappa shape index (κ3) is 5.13. The summed E-state index contributed by atoms with van der Waals surface area (Å²) in [6, 6.07) is 58.9. The van der Waals surface area contributed by atoms with Crippen molar-refractivity contribution in [2.24, 2.45) is 0 Å². The monoisotopic (exact) mass is 708 g/mol. The maximum Gasteiger partial charge on any atom is 0.164 e. The summed E-state index contributed by atoms with van der Waals surface area (Å²) >= 11 is 1.80. The van der Waals surface area contributed by atoms with Gasteiger partial charge in [-0.25, -0.2) is 15.0 Å². The number of para-hydroxylation sites is 1. The zero-order valence-electron chi connectivity index (χ0n) is 28.8. The molecule has 8 aromatic carbocycles. The van der Waals surface area contributed by atoms with Gasteiger partial charge in [-0.05, 0) is 81.9 Å². The molecule has 0 aliphatic carbocycles. The zero-order valence-corrected chi connectivity index (χ0v) is 29.6. The normalized spacial score (nSPS) is 11.7. The molecule has 0 bridgehead atoms. The first-order chi connectivity index (χ1) is 26.7. The number of aromatic nitrogens is 6. The van der Waals surface area contributed by atoms with Gasteiger partial charge in [0.2, 0.25) is 0 Å². The SMILES string of the molecule is c1ccc(-c2cccc(-c3nc(-c4ccc5sc6ccccc6c5c4)nc(-c4ccc5ccc6ccc7nn(-c8ccccc8)nc7c6c5c4)n3)c2)cc1. The van der Waals surface area contributed by atoms with Crippen LogP contribution < -0.4 is 0 Å². The molecule has 11 rings (SSSR count). The van der Waals surface area contributed by atoms with Gasteiger partial charge in [-0.3, -0.25) is 0 Å². The zero-order chi connectivity index (χ0) is 35.6. The highest BCUT2D eigenvalue weighted by Crippen LogP contribution is 2.38. The lowest BCUT2D eigenvalue weighted by Gasteiger charge is -2.11. The van der Waals surface area contributed by atoms with Crippen LogP contribution in [0.4, 0.5) is 0 Å². The van der Waals surface area contributed by atoms with Crippen LogP contribution in [-0.2, 0) is 0 Å². The van der Waals surface area contributed by atoms with E-state index in [-0.39, 0.29) is 0 Å². The van der Waals surface area contributed by atoms with E-state index < -0.39 is 0 Å². The minimum atomic E-state index is 0.606. The van der Waals surface area contributed by atoms with Gasteiger partial charge < -0.3 is 0 Å². The first-order valence-electron chi connectivity index (χ1n) is 17.8. The lowest BCUT2D eigenvalue weighted by Crippen LogP contribution is -2.00. The number of hydrogen-bond donors (Lipinski definition) is 0. The first kappa shape index (κ1) is 30.5. The van der Waals surface area contributed by atoms with Crippen LogP contribution in [0.1, 0.15) is 0 Å². The topological polar surface area (TPSA) is 69.4 Å². The van der Waals surface area contributed by atoms with Crippen LogP contribution in [0.5, 0.6) is 0 Å². The highest BCUT2D eigenvalue weighted by molar-refractivity contribution is 7.25. The van der Waals surface area contributed by atoms with Crippen molar-refractivity contribution in [1.29, 1.82) is 0 Å². The van der Waals surface area contributed by atoms with E-state index in [2.05, 4.69) is 127 Å². The number of nitrogens with zero attached hydrogens (tertiary/aromatic N) is 6. The highest BCUT2D eigenvalue weighted by atomic mass is 32.1. The summed E-state index contributed by atoms with van der Waals surface area (Å²) in [4.78, 5) is 17.2. The minimum absolute atomic E-state index is 0.606. The van der Waals surface area contributed by atoms with Gasteiger partial charge in [0.1, 0.15) is 11.0 Å². The molecule has 0 unspecified atom stereocenters. The van der Waals surface area contributed by atoms with Gasteiger partial charge in [0.15, 0.2) is 17.5 Å². The summed E-state index contributed by atoms with van der Waals surface area (Å²) in [6.45, 7) is 0. The Kier molecular flexibility index (Phi) is 6.93. The van der Waals surface area contributed by atoms with Gasteiger partial charge in [0.25, 0.3) is 0 Å². The first-order valence-corrected chi connectivity index (χ1v) is 18.7. The van der Waals surface area contributed by atoms with Crippen molar-refractivity contribution in [3.05, 3.63) is 170 Å². The standard InChI is InChI=1S/C47H28N6S/c1-3-10-29(11-4-1)32-12-9-13-33(26-32)45-48-46(50-47(49-45)35-23-25-42-39(28-35)37-16-7-8-17-41(37)54-42)34-21-19-30-18-20-31-22-24-40-44(43(31)38(30)27-34)52-53(51-40)36-14-5-2-6-15-36/h1-28H. The van der Waals surface area contributed by atoms with Gasteiger partial charge in [0, 0.05) is 42.2 Å². The van der Waals surface area contributed by atoms with Crippen molar-refractivity contribution < 1.29 is 0 Å². The Balaban J connectivity index is 1.12. The van der Waals surface area contributed by atoms with Crippen molar-refractivity contribution in [3.63, 3.8) is 0 Å². The molecular formula is C47H28N6S. The molecule has 3 aromatic heterocycles. The second-order valence-electron chi connectivity index (χ2n) is 13.4. The molecule has 252 valence electrons. The maximum atomic E-state index is 5.19. The molecule has 54 heavy (non-hydrogen) atoms. The third-order valence-corrected chi connectivity index (χ3v) is 11.2. The fraction of sp³-hybridized carbons (Fsp3) is 0. The smallest absolute Gasteiger partial charge is 0.164 e. The number of rotatable bonds is 5.